The number of thiazole rings is 1. The van der Waals surface area contributed by atoms with Gasteiger partial charge in [-0.1, -0.05) is 95.2 Å². The summed E-state index contributed by atoms with van der Waals surface area (Å²) in [5.74, 6) is 1.02. The standard InChI is InChI=1S/C37H30Cl2N2O6S/c1-4-46-36(43)31-32(23-9-6-5-7-10-23)40-37-41(33(31)24-14-16-26(44-2)17-15-24)35(42)30(48-37)20-25-11-8-12-29(45-3)34(25)47-21-22-13-18-27(38)28(39)19-22/h5-20,33H,4,21H2,1-3H3/b30-20-/t33-/m0/s1. The van der Waals surface area contributed by atoms with Crippen LogP contribution in [0.1, 0.15) is 35.2 Å². The number of fused-ring (bicyclic) bond motifs is 1. The molecule has 6 rings (SSSR count). The predicted octanol–water partition coefficient (Wildman–Crippen LogP) is 6.84. The van der Waals surface area contributed by atoms with Gasteiger partial charge < -0.3 is 18.9 Å². The van der Waals surface area contributed by atoms with Crippen molar-refractivity contribution in [2.45, 2.75) is 19.6 Å². The number of carbonyl (C=O) groups is 1. The molecule has 1 aliphatic heterocycles. The van der Waals surface area contributed by atoms with Crippen LogP contribution < -0.4 is 29.1 Å². The highest BCUT2D eigenvalue weighted by atomic mass is 35.5. The third-order valence-corrected chi connectivity index (χ3v) is 9.41. The summed E-state index contributed by atoms with van der Waals surface area (Å²) < 4.78 is 24.8. The van der Waals surface area contributed by atoms with Crippen molar-refractivity contribution < 1.29 is 23.7 Å². The van der Waals surface area contributed by atoms with Gasteiger partial charge in [0.1, 0.15) is 12.4 Å². The normalized spacial score (nSPS) is 14.3. The number of ether oxygens (including phenoxy) is 4. The Bertz CT molecular complexity index is 2190. The Morgan fingerprint density at radius 3 is 2.40 bits per heavy atom. The Hall–Kier alpha value is -4.83. The number of rotatable bonds is 10. The lowest BCUT2D eigenvalue weighted by atomic mass is 9.93. The molecule has 0 N–H and O–H groups in total. The molecule has 1 aromatic heterocycles. The van der Waals surface area contributed by atoms with Gasteiger partial charge in [0.25, 0.3) is 5.56 Å². The van der Waals surface area contributed by atoms with Gasteiger partial charge in [0.15, 0.2) is 16.3 Å². The molecule has 0 fully saturated rings. The van der Waals surface area contributed by atoms with Crippen LogP contribution in [0.15, 0.2) is 106 Å². The number of para-hydroxylation sites is 1. The lowest BCUT2D eigenvalue weighted by molar-refractivity contribution is -0.138. The van der Waals surface area contributed by atoms with Crippen molar-refractivity contribution in [3.05, 3.63) is 149 Å². The molecular weight excluding hydrogens is 671 g/mol. The molecule has 48 heavy (non-hydrogen) atoms. The predicted molar refractivity (Wildman–Crippen MR) is 188 cm³/mol. The molecule has 0 saturated heterocycles. The molecule has 1 aliphatic rings. The Kier molecular flexibility index (Phi) is 10.0. The molecule has 0 spiro atoms. The van der Waals surface area contributed by atoms with Crippen molar-refractivity contribution in [2.75, 3.05) is 20.8 Å². The first-order chi connectivity index (χ1) is 23.3. The molecule has 0 bridgehead atoms. The minimum absolute atomic E-state index is 0.158. The summed E-state index contributed by atoms with van der Waals surface area (Å²) in [6.07, 6.45) is 1.75. The van der Waals surface area contributed by atoms with Crippen molar-refractivity contribution in [3.63, 3.8) is 0 Å². The van der Waals surface area contributed by atoms with E-state index in [1.54, 1.807) is 62.1 Å². The summed E-state index contributed by atoms with van der Waals surface area (Å²) in [7, 11) is 3.13. The summed E-state index contributed by atoms with van der Waals surface area (Å²) in [5.41, 5.74) is 3.22. The topological polar surface area (TPSA) is 88.4 Å². The maximum Gasteiger partial charge on any atom is 0.338 e. The van der Waals surface area contributed by atoms with Gasteiger partial charge in [-0.25, -0.2) is 9.79 Å². The monoisotopic (exact) mass is 700 g/mol. The molecule has 5 aromatic rings. The first-order valence-corrected chi connectivity index (χ1v) is 16.6. The zero-order valence-electron chi connectivity index (χ0n) is 26.2. The summed E-state index contributed by atoms with van der Waals surface area (Å²) in [5, 5.41) is 0.867. The second-order valence-corrected chi connectivity index (χ2v) is 12.4. The molecule has 4 aromatic carbocycles. The number of carbonyl (C=O) groups excluding carboxylic acids is 1. The highest BCUT2D eigenvalue weighted by Crippen LogP contribution is 2.36. The van der Waals surface area contributed by atoms with Crippen LogP contribution in [0, 0.1) is 0 Å². The van der Waals surface area contributed by atoms with Crippen LogP contribution in [-0.2, 0) is 16.1 Å². The zero-order valence-corrected chi connectivity index (χ0v) is 28.6. The van der Waals surface area contributed by atoms with Gasteiger partial charge in [-0.2, -0.15) is 0 Å². The Morgan fingerprint density at radius 1 is 0.938 bits per heavy atom. The second kappa shape index (κ2) is 14.5. The molecule has 0 amide bonds. The summed E-state index contributed by atoms with van der Waals surface area (Å²) in [6, 6.07) is 26.6. The van der Waals surface area contributed by atoms with Crippen LogP contribution >= 0.6 is 34.5 Å². The van der Waals surface area contributed by atoms with Gasteiger partial charge in [-0.3, -0.25) is 9.36 Å². The number of esters is 1. The largest absolute Gasteiger partial charge is 0.497 e. The quantitative estimate of drug-likeness (QED) is 0.148. The Morgan fingerprint density at radius 2 is 1.71 bits per heavy atom. The van der Waals surface area contributed by atoms with E-state index in [1.165, 1.54) is 11.3 Å². The molecule has 1 atom stereocenters. The lowest BCUT2D eigenvalue weighted by Crippen LogP contribution is -2.40. The summed E-state index contributed by atoms with van der Waals surface area (Å²) in [4.78, 5) is 33.5. The van der Waals surface area contributed by atoms with Gasteiger partial charge in [-0.05, 0) is 54.5 Å². The van der Waals surface area contributed by atoms with Crippen LogP contribution in [0.25, 0.3) is 11.8 Å². The molecule has 11 heteroatoms. The van der Waals surface area contributed by atoms with Crippen molar-refractivity contribution in [3.8, 4) is 17.2 Å². The maximum atomic E-state index is 14.4. The zero-order chi connectivity index (χ0) is 33.8. The summed E-state index contributed by atoms with van der Waals surface area (Å²) >= 11 is 13.5. The molecule has 2 heterocycles. The van der Waals surface area contributed by atoms with E-state index in [0.29, 0.717) is 53.5 Å². The van der Waals surface area contributed by atoms with E-state index in [2.05, 4.69) is 0 Å². The van der Waals surface area contributed by atoms with Gasteiger partial charge >= 0.3 is 5.97 Å². The van der Waals surface area contributed by atoms with E-state index < -0.39 is 12.0 Å². The van der Waals surface area contributed by atoms with Crippen molar-refractivity contribution in [1.29, 1.82) is 0 Å². The number of benzene rings is 4. The first-order valence-electron chi connectivity index (χ1n) is 15.0. The molecule has 0 saturated carbocycles. The fourth-order valence-corrected chi connectivity index (χ4v) is 6.74. The van der Waals surface area contributed by atoms with Crippen LogP contribution in [0.3, 0.4) is 0 Å². The molecule has 0 aliphatic carbocycles. The number of hydrogen-bond acceptors (Lipinski definition) is 8. The molecule has 244 valence electrons. The van der Waals surface area contributed by atoms with E-state index in [4.69, 9.17) is 47.1 Å². The van der Waals surface area contributed by atoms with Crippen molar-refractivity contribution >= 4 is 52.3 Å². The Labute approximate surface area is 290 Å². The van der Waals surface area contributed by atoms with Gasteiger partial charge in [0, 0.05) is 11.1 Å². The average molecular weight is 702 g/mol. The van der Waals surface area contributed by atoms with E-state index in [-0.39, 0.29) is 24.3 Å². The smallest absolute Gasteiger partial charge is 0.338 e. The molecular formula is C37H30Cl2N2O6S. The number of aromatic nitrogens is 1. The SMILES string of the molecule is CCOC(=O)C1=C(c2ccccc2)N=c2s/c(=C\c3cccc(OC)c3OCc3ccc(Cl)c(Cl)c3)c(=O)n2[C@H]1c1ccc(OC)cc1. The average Bonchev–Trinajstić information content (AvgIpc) is 3.42. The number of nitrogens with zero attached hydrogens (tertiary/aromatic N) is 2. The third-order valence-electron chi connectivity index (χ3n) is 7.69. The van der Waals surface area contributed by atoms with Crippen molar-refractivity contribution in [1.82, 2.24) is 4.57 Å². The van der Waals surface area contributed by atoms with Crippen LogP contribution in [0.2, 0.25) is 10.0 Å². The molecule has 8 nitrogen and oxygen atoms in total. The van der Waals surface area contributed by atoms with Crippen LogP contribution in [0.4, 0.5) is 0 Å². The van der Waals surface area contributed by atoms with Gasteiger partial charge in [-0.15, -0.1) is 0 Å². The fourth-order valence-electron chi connectivity index (χ4n) is 5.43. The second-order valence-electron chi connectivity index (χ2n) is 10.6. The maximum absolute atomic E-state index is 14.4. The van der Waals surface area contributed by atoms with Gasteiger partial charge in [0.2, 0.25) is 0 Å². The van der Waals surface area contributed by atoms with E-state index >= 15 is 0 Å². The van der Waals surface area contributed by atoms with Gasteiger partial charge in [0.05, 0.1) is 52.7 Å². The lowest BCUT2D eigenvalue weighted by Gasteiger charge is -2.26. The Balaban J connectivity index is 1.54. The fraction of sp³-hybridized carbons (Fsp3) is 0.162. The van der Waals surface area contributed by atoms with Crippen LogP contribution in [-0.4, -0.2) is 31.4 Å². The highest BCUT2D eigenvalue weighted by Gasteiger charge is 2.35. The minimum Gasteiger partial charge on any atom is -0.497 e. The van der Waals surface area contributed by atoms with E-state index in [0.717, 1.165) is 11.1 Å². The first kappa shape index (κ1) is 33.1. The minimum atomic E-state index is -0.820. The van der Waals surface area contributed by atoms with E-state index in [9.17, 15) is 9.59 Å². The number of hydrogen-bond donors (Lipinski definition) is 0. The van der Waals surface area contributed by atoms with Crippen molar-refractivity contribution in [2.24, 2.45) is 4.99 Å². The summed E-state index contributed by atoms with van der Waals surface area (Å²) in [6.45, 7) is 2.08. The number of methoxy groups -OCH3 is 2. The molecule has 0 radical (unpaired) electrons. The van der Waals surface area contributed by atoms with E-state index in [1.807, 2.05) is 60.7 Å². The molecule has 0 unspecified atom stereocenters. The third kappa shape index (κ3) is 6.62. The number of halogens is 2. The highest BCUT2D eigenvalue weighted by molar-refractivity contribution is 7.07. The van der Waals surface area contributed by atoms with Crippen LogP contribution in [0.5, 0.6) is 17.2 Å².